The number of nitrogens with one attached hydrogen (secondary N) is 1. The number of rotatable bonds is 3. The third-order valence-corrected chi connectivity index (χ3v) is 6.31. The standard InChI is InChI=1S/C19H26N2O2.C2HF3O2/c1-11(2)21-9-16-14-5-3-4-6-15(14)18(17(16)10-21)20-19(23)12-7-13(22)8-12;3-2(4,5)1(6)7/h3-6,11-13,16-18,22H,7-10H2,1-2H3,(H,20,23);(H,6,7)/t12?,13?,16-,17-,18+;/m0./s1. The smallest absolute Gasteiger partial charge is 0.475 e. The van der Waals surface area contributed by atoms with Gasteiger partial charge in [0.2, 0.25) is 5.91 Å². The molecule has 0 unspecified atom stereocenters. The second-order valence-electron chi connectivity index (χ2n) is 8.56. The molecule has 1 aromatic rings. The van der Waals surface area contributed by atoms with Crippen molar-refractivity contribution in [2.75, 3.05) is 13.1 Å². The van der Waals surface area contributed by atoms with Gasteiger partial charge in [0.25, 0.3) is 0 Å². The summed E-state index contributed by atoms with van der Waals surface area (Å²) >= 11 is 0. The van der Waals surface area contributed by atoms with Crippen LogP contribution in [0.15, 0.2) is 24.3 Å². The summed E-state index contributed by atoms with van der Waals surface area (Å²) < 4.78 is 31.7. The highest BCUT2D eigenvalue weighted by Crippen LogP contribution is 2.49. The first-order valence-electron chi connectivity index (χ1n) is 10.1. The minimum absolute atomic E-state index is 0.00110. The molecule has 1 amide bonds. The molecule has 4 rings (SSSR count). The average molecular weight is 428 g/mol. The van der Waals surface area contributed by atoms with Crippen LogP contribution in [0.4, 0.5) is 13.2 Å². The van der Waals surface area contributed by atoms with Crippen LogP contribution in [0, 0.1) is 11.8 Å². The molecule has 1 saturated heterocycles. The number of benzene rings is 1. The van der Waals surface area contributed by atoms with Crippen molar-refractivity contribution < 1.29 is 33.0 Å². The Morgan fingerprint density at radius 2 is 1.70 bits per heavy atom. The maximum Gasteiger partial charge on any atom is 0.490 e. The van der Waals surface area contributed by atoms with Gasteiger partial charge < -0.3 is 15.5 Å². The van der Waals surface area contributed by atoms with Crippen molar-refractivity contribution >= 4 is 11.9 Å². The van der Waals surface area contributed by atoms with Gasteiger partial charge in [-0.25, -0.2) is 4.79 Å². The molecule has 3 atom stereocenters. The number of hydrogen-bond acceptors (Lipinski definition) is 4. The van der Waals surface area contributed by atoms with Gasteiger partial charge in [-0.1, -0.05) is 24.3 Å². The van der Waals surface area contributed by atoms with E-state index in [-0.39, 0.29) is 24.0 Å². The van der Waals surface area contributed by atoms with E-state index in [0.29, 0.717) is 30.7 Å². The Kier molecular flexibility index (Phi) is 6.43. The Hall–Kier alpha value is -2.13. The second-order valence-corrected chi connectivity index (χ2v) is 8.56. The number of aliphatic carboxylic acids is 1. The van der Waals surface area contributed by atoms with Gasteiger partial charge in [-0.05, 0) is 37.8 Å². The molecule has 166 valence electrons. The average Bonchev–Trinajstić information content (AvgIpc) is 3.18. The molecule has 1 aliphatic heterocycles. The van der Waals surface area contributed by atoms with Crippen molar-refractivity contribution in [3.05, 3.63) is 35.4 Å². The highest BCUT2D eigenvalue weighted by molar-refractivity contribution is 5.80. The van der Waals surface area contributed by atoms with E-state index >= 15 is 0 Å². The first kappa shape index (κ1) is 22.6. The third kappa shape index (κ3) is 4.62. The summed E-state index contributed by atoms with van der Waals surface area (Å²) in [7, 11) is 0. The summed E-state index contributed by atoms with van der Waals surface area (Å²) in [4.78, 5) is 23.9. The fourth-order valence-corrected chi connectivity index (χ4v) is 4.57. The van der Waals surface area contributed by atoms with Crippen molar-refractivity contribution in [1.29, 1.82) is 0 Å². The number of likely N-dealkylation sites (tertiary alicyclic amines) is 1. The van der Waals surface area contributed by atoms with Crippen LogP contribution in [0.3, 0.4) is 0 Å². The van der Waals surface area contributed by atoms with Crippen LogP contribution in [-0.4, -0.2) is 58.4 Å². The number of aliphatic hydroxyl groups excluding tert-OH is 1. The Labute approximate surface area is 173 Å². The fraction of sp³-hybridized carbons (Fsp3) is 0.619. The fourth-order valence-electron chi connectivity index (χ4n) is 4.57. The molecule has 2 aliphatic carbocycles. The molecule has 0 spiro atoms. The predicted octanol–water partition coefficient (Wildman–Crippen LogP) is 2.69. The van der Waals surface area contributed by atoms with Crippen LogP contribution < -0.4 is 5.32 Å². The zero-order valence-electron chi connectivity index (χ0n) is 16.9. The van der Waals surface area contributed by atoms with Crippen LogP contribution in [0.1, 0.15) is 49.8 Å². The number of aliphatic hydroxyl groups is 1. The van der Waals surface area contributed by atoms with Crippen LogP contribution in [-0.2, 0) is 9.59 Å². The van der Waals surface area contributed by atoms with Crippen molar-refractivity contribution in [2.45, 2.75) is 57.0 Å². The first-order chi connectivity index (χ1) is 14.0. The second kappa shape index (κ2) is 8.55. The van der Waals surface area contributed by atoms with Gasteiger partial charge in [0.15, 0.2) is 0 Å². The van der Waals surface area contributed by atoms with Gasteiger partial charge in [0.05, 0.1) is 12.1 Å². The number of carboxylic acid groups (broad SMARTS) is 1. The summed E-state index contributed by atoms with van der Waals surface area (Å²) in [5.74, 6) is -1.63. The third-order valence-electron chi connectivity index (χ3n) is 6.31. The van der Waals surface area contributed by atoms with Crippen LogP contribution >= 0.6 is 0 Å². The highest BCUT2D eigenvalue weighted by Gasteiger charge is 2.47. The minimum Gasteiger partial charge on any atom is -0.475 e. The summed E-state index contributed by atoms with van der Waals surface area (Å²) in [6.45, 7) is 6.63. The molecular weight excluding hydrogens is 401 g/mol. The number of hydrogen-bond donors (Lipinski definition) is 3. The number of nitrogens with zero attached hydrogens (tertiary/aromatic N) is 1. The van der Waals surface area contributed by atoms with E-state index in [4.69, 9.17) is 9.90 Å². The Morgan fingerprint density at radius 3 is 2.20 bits per heavy atom. The molecule has 0 radical (unpaired) electrons. The van der Waals surface area contributed by atoms with Gasteiger partial charge >= 0.3 is 12.1 Å². The molecule has 3 N–H and O–H groups in total. The lowest BCUT2D eigenvalue weighted by molar-refractivity contribution is -0.192. The first-order valence-corrected chi connectivity index (χ1v) is 10.1. The molecular formula is C21H27F3N2O4. The van der Waals surface area contributed by atoms with Crippen molar-refractivity contribution in [3.63, 3.8) is 0 Å². The van der Waals surface area contributed by atoms with Gasteiger partial charge in [-0.2, -0.15) is 13.2 Å². The van der Waals surface area contributed by atoms with E-state index in [2.05, 4.69) is 48.3 Å². The maximum absolute atomic E-state index is 12.5. The molecule has 30 heavy (non-hydrogen) atoms. The van der Waals surface area contributed by atoms with E-state index in [1.54, 1.807) is 0 Å². The number of amides is 1. The van der Waals surface area contributed by atoms with E-state index in [1.807, 2.05) is 0 Å². The number of alkyl halides is 3. The summed E-state index contributed by atoms with van der Waals surface area (Å²) in [5, 5.41) is 19.9. The number of carbonyl (C=O) groups excluding carboxylic acids is 1. The molecule has 0 aromatic heterocycles. The zero-order chi connectivity index (χ0) is 22.2. The molecule has 2 fully saturated rings. The normalized spacial score (nSPS) is 30.0. The topological polar surface area (TPSA) is 89.9 Å². The summed E-state index contributed by atoms with van der Waals surface area (Å²) in [6, 6.07) is 9.27. The Morgan fingerprint density at radius 1 is 1.13 bits per heavy atom. The molecule has 1 aromatic carbocycles. The monoisotopic (exact) mass is 428 g/mol. The van der Waals surface area contributed by atoms with Crippen molar-refractivity contribution in [3.8, 4) is 0 Å². The van der Waals surface area contributed by atoms with Crippen molar-refractivity contribution in [2.24, 2.45) is 11.8 Å². The lowest BCUT2D eigenvalue weighted by Crippen LogP contribution is -2.44. The Bertz CT molecular complexity index is 793. The lowest BCUT2D eigenvalue weighted by Gasteiger charge is -2.32. The molecule has 6 nitrogen and oxygen atoms in total. The van der Waals surface area contributed by atoms with Crippen LogP contribution in [0.25, 0.3) is 0 Å². The zero-order valence-corrected chi connectivity index (χ0v) is 16.9. The predicted molar refractivity (Wildman–Crippen MR) is 103 cm³/mol. The largest absolute Gasteiger partial charge is 0.490 e. The van der Waals surface area contributed by atoms with Crippen molar-refractivity contribution in [1.82, 2.24) is 10.2 Å². The summed E-state index contributed by atoms with van der Waals surface area (Å²) in [6.07, 6.45) is -4.13. The molecule has 1 heterocycles. The van der Waals surface area contributed by atoms with E-state index in [9.17, 15) is 23.1 Å². The minimum atomic E-state index is -5.08. The number of carbonyl (C=O) groups is 2. The van der Waals surface area contributed by atoms with Gasteiger partial charge in [0, 0.05) is 36.9 Å². The molecule has 1 saturated carbocycles. The van der Waals surface area contributed by atoms with Crippen LogP contribution in [0.2, 0.25) is 0 Å². The van der Waals surface area contributed by atoms with E-state index < -0.39 is 12.1 Å². The molecule has 0 bridgehead atoms. The lowest BCUT2D eigenvalue weighted by atomic mass is 9.81. The van der Waals surface area contributed by atoms with E-state index in [0.717, 1.165) is 13.1 Å². The number of carboxylic acids is 1. The number of fused-ring (bicyclic) bond motifs is 3. The molecule has 3 aliphatic rings. The quantitative estimate of drug-likeness (QED) is 0.689. The SMILES string of the molecule is CC(C)N1C[C@@H]2[C@H](NC(=O)C3CC(O)C3)c3ccccc3[C@@H]2C1.O=C(O)C(F)(F)F. The van der Waals surface area contributed by atoms with Gasteiger partial charge in [0.1, 0.15) is 0 Å². The molecule has 9 heteroatoms. The van der Waals surface area contributed by atoms with Gasteiger partial charge in [-0.15, -0.1) is 0 Å². The number of halogens is 3. The van der Waals surface area contributed by atoms with E-state index in [1.165, 1.54) is 11.1 Å². The van der Waals surface area contributed by atoms with Crippen LogP contribution in [0.5, 0.6) is 0 Å². The Balaban J connectivity index is 0.000000318. The summed E-state index contributed by atoms with van der Waals surface area (Å²) in [5.41, 5.74) is 2.72. The maximum atomic E-state index is 12.5. The van der Waals surface area contributed by atoms with Gasteiger partial charge in [-0.3, -0.25) is 9.69 Å². The highest BCUT2D eigenvalue weighted by atomic mass is 19.4.